The fraction of sp³-hybridized carbons (Fsp3) is 0.632. The van der Waals surface area contributed by atoms with Gasteiger partial charge in [-0.25, -0.2) is 4.79 Å². The quantitative estimate of drug-likeness (QED) is 0.635. The highest BCUT2D eigenvalue weighted by atomic mass is 79.9. The number of nitrogens with one attached hydrogen (secondary N) is 1. The standard InChI is InChI=1S/C19H26BrF3N2O4/c1-18(2,3)29-17(26)24-13-5-4-8-25(12-13)9-10-27-16-11-14(6-7-15(16)20)28-19(21,22)23/h6-7,11,13H,4-5,8-10,12H2,1-3H3,(H,24,26). The third-order valence-electron chi connectivity index (χ3n) is 4.03. The Morgan fingerprint density at radius 2 is 2.03 bits per heavy atom. The molecule has 164 valence electrons. The van der Waals surface area contributed by atoms with Crippen LogP contribution in [0.2, 0.25) is 0 Å². The Balaban J connectivity index is 1.81. The summed E-state index contributed by atoms with van der Waals surface area (Å²) in [6.45, 7) is 7.80. The fourth-order valence-electron chi connectivity index (χ4n) is 2.93. The monoisotopic (exact) mass is 482 g/mol. The molecule has 1 heterocycles. The Labute approximate surface area is 176 Å². The molecule has 0 saturated carbocycles. The Hall–Kier alpha value is -1.68. The molecule has 2 rings (SSSR count). The average Bonchev–Trinajstić information content (AvgIpc) is 2.55. The molecule has 0 bridgehead atoms. The van der Waals surface area contributed by atoms with E-state index in [4.69, 9.17) is 9.47 Å². The van der Waals surface area contributed by atoms with Crippen LogP contribution in [0.15, 0.2) is 22.7 Å². The van der Waals surface area contributed by atoms with Gasteiger partial charge in [-0.05, 0) is 68.2 Å². The third-order valence-corrected chi connectivity index (χ3v) is 4.68. The maximum Gasteiger partial charge on any atom is 0.573 e. The van der Waals surface area contributed by atoms with Crippen LogP contribution in [0.1, 0.15) is 33.6 Å². The highest BCUT2D eigenvalue weighted by Crippen LogP contribution is 2.32. The summed E-state index contributed by atoms with van der Waals surface area (Å²) < 4.78 is 52.5. The molecule has 1 amide bonds. The Morgan fingerprint density at radius 1 is 1.31 bits per heavy atom. The summed E-state index contributed by atoms with van der Waals surface area (Å²) in [4.78, 5) is 14.1. The Bertz CT molecular complexity index is 695. The second-order valence-electron chi connectivity index (χ2n) is 7.77. The SMILES string of the molecule is CC(C)(C)OC(=O)NC1CCCN(CCOc2cc(OC(F)(F)F)ccc2Br)C1. The van der Waals surface area contributed by atoms with Crippen LogP contribution >= 0.6 is 15.9 Å². The smallest absolute Gasteiger partial charge is 0.491 e. The maximum absolute atomic E-state index is 12.4. The second kappa shape index (κ2) is 9.88. The van der Waals surface area contributed by atoms with E-state index in [0.717, 1.165) is 19.4 Å². The minimum atomic E-state index is -4.75. The molecule has 1 saturated heterocycles. The van der Waals surface area contributed by atoms with Crippen LogP contribution in [0.4, 0.5) is 18.0 Å². The van der Waals surface area contributed by atoms with Crippen molar-refractivity contribution < 1.29 is 32.2 Å². The van der Waals surface area contributed by atoms with Gasteiger partial charge < -0.3 is 19.5 Å². The summed E-state index contributed by atoms with van der Waals surface area (Å²) in [6, 6.07) is 3.83. The van der Waals surface area contributed by atoms with Crippen molar-refractivity contribution in [2.24, 2.45) is 0 Å². The average molecular weight is 483 g/mol. The maximum atomic E-state index is 12.4. The zero-order valence-corrected chi connectivity index (χ0v) is 18.2. The minimum Gasteiger partial charge on any atom is -0.491 e. The third kappa shape index (κ3) is 9.12. The number of hydrogen-bond donors (Lipinski definition) is 1. The number of carbonyl (C=O) groups is 1. The van der Waals surface area contributed by atoms with Gasteiger partial charge in [0.1, 0.15) is 23.7 Å². The molecule has 1 N–H and O–H groups in total. The van der Waals surface area contributed by atoms with Crippen molar-refractivity contribution in [1.82, 2.24) is 10.2 Å². The number of alkyl halides is 3. The molecule has 29 heavy (non-hydrogen) atoms. The molecule has 1 aromatic rings. The number of nitrogens with zero attached hydrogens (tertiary/aromatic N) is 1. The molecule has 6 nitrogen and oxygen atoms in total. The van der Waals surface area contributed by atoms with E-state index >= 15 is 0 Å². The highest BCUT2D eigenvalue weighted by Gasteiger charge is 2.31. The first-order valence-corrected chi connectivity index (χ1v) is 10.1. The lowest BCUT2D eigenvalue weighted by Gasteiger charge is -2.33. The van der Waals surface area contributed by atoms with Crippen molar-refractivity contribution >= 4 is 22.0 Å². The number of hydrogen-bond acceptors (Lipinski definition) is 5. The van der Waals surface area contributed by atoms with Gasteiger partial charge in [0.15, 0.2) is 0 Å². The number of rotatable bonds is 6. The van der Waals surface area contributed by atoms with Crippen LogP contribution in [0, 0.1) is 0 Å². The molecule has 1 aromatic carbocycles. The minimum absolute atomic E-state index is 0.0196. The zero-order chi connectivity index (χ0) is 21.7. The van der Waals surface area contributed by atoms with Gasteiger partial charge in [-0.3, -0.25) is 4.90 Å². The van der Waals surface area contributed by atoms with Gasteiger partial charge in [-0.15, -0.1) is 13.2 Å². The largest absolute Gasteiger partial charge is 0.573 e. The van der Waals surface area contributed by atoms with Gasteiger partial charge in [0.2, 0.25) is 0 Å². The van der Waals surface area contributed by atoms with E-state index in [9.17, 15) is 18.0 Å². The van der Waals surface area contributed by atoms with Crippen LogP contribution in [-0.4, -0.2) is 55.2 Å². The lowest BCUT2D eigenvalue weighted by atomic mass is 10.1. The van der Waals surface area contributed by atoms with Crippen molar-refractivity contribution in [2.75, 3.05) is 26.2 Å². The van der Waals surface area contributed by atoms with Gasteiger partial charge in [-0.2, -0.15) is 0 Å². The lowest BCUT2D eigenvalue weighted by molar-refractivity contribution is -0.274. The second-order valence-corrected chi connectivity index (χ2v) is 8.63. The normalized spacial score (nSPS) is 18.2. The van der Waals surface area contributed by atoms with Gasteiger partial charge in [0.25, 0.3) is 0 Å². The highest BCUT2D eigenvalue weighted by molar-refractivity contribution is 9.10. The van der Waals surface area contributed by atoms with Gasteiger partial charge >= 0.3 is 12.5 Å². The Morgan fingerprint density at radius 3 is 2.69 bits per heavy atom. The van der Waals surface area contributed by atoms with Crippen molar-refractivity contribution in [1.29, 1.82) is 0 Å². The summed E-state index contributed by atoms with van der Waals surface area (Å²) in [5.74, 6) is -0.0671. The number of ether oxygens (including phenoxy) is 3. The molecule has 1 fully saturated rings. The van der Waals surface area contributed by atoms with Crippen LogP contribution in [0.5, 0.6) is 11.5 Å². The summed E-state index contributed by atoms with van der Waals surface area (Å²) in [5.41, 5.74) is -0.552. The van der Waals surface area contributed by atoms with Gasteiger partial charge in [0, 0.05) is 25.2 Å². The molecule has 1 atom stereocenters. The first-order valence-electron chi connectivity index (χ1n) is 9.31. The molecule has 0 aliphatic carbocycles. The molecule has 10 heteroatoms. The van der Waals surface area contributed by atoms with Crippen molar-refractivity contribution in [3.05, 3.63) is 22.7 Å². The number of likely N-dealkylation sites (tertiary alicyclic amines) is 1. The topological polar surface area (TPSA) is 60.0 Å². The van der Waals surface area contributed by atoms with Crippen LogP contribution in [0.25, 0.3) is 0 Å². The summed E-state index contributed by atoms with van der Waals surface area (Å²) in [5, 5.41) is 2.88. The predicted molar refractivity (Wildman–Crippen MR) is 105 cm³/mol. The van der Waals surface area contributed by atoms with E-state index in [1.165, 1.54) is 18.2 Å². The molecule has 0 aromatic heterocycles. The number of alkyl carbamates (subject to hydrolysis) is 1. The van der Waals surface area contributed by atoms with E-state index in [1.54, 1.807) is 0 Å². The zero-order valence-electron chi connectivity index (χ0n) is 16.6. The van der Waals surface area contributed by atoms with Crippen molar-refractivity contribution in [3.63, 3.8) is 0 Å². The van der Waals surface area contributed by atoms with Crippen molar-refractivity contribution in [2.45, 2.75) is 51.6 Å². The predicted octanol–water partition coefficient (Wildman–Crippen LogP) is 4.72. The van der Waals surface area contributed by atoms with Crippen LogP contribution in [-0.2, 0) is 4.74 Å². The Kier molecular flexibility index (Phi) is 8.04. The molecule has 0 radical (unpaired) electrons. The summed E-state index contributed by atoms with van der Waals surface area (Å²) in [6.07, 6.45) is -3.42. The van der Waals surface area contributed by atoms with Gasteiger partial charge in [0.05, 0.1) is 4.47 Å². The van der Waals surface area contributed by atoms with Crippen molar-refractivity contribution in [3.8, 4) is 11.5 Å². The van der Waals surface area contributed by atoms with E-state index in [-0.39, 0.29) is 24.1 Å². The molecular formula is C19H26BrF3N2O4. The van der Waals surface area contributed by atoms with Crippen LogP contribution < -0.4 is 14.8 Å². The lowest BCUT2D eigenvalue weighted by Crippen LogP contribution is -2.49. The van der Waals surface area contributed by atoms with Crippen LogP contribution in [0.3, 0.4) is 0 Å². The van der Waals surface area contributed by atoms with E-state index in [1.807, 2.05) is 20.8 Å². The van der Waals surface area contributed by atoms with Gasteiger partial charge in [-0.1, -0.05) is 0 Å². The number of carbonyl (C=O) groups excluding carboxylic acids is 1. The number of amides is 1. The first-order chi connectivity index (χ1) is 13.4. The number of piperidine rings is 1. The summed E-state index contributed by atoms with van der Waals surface area (Å²) >= 11 is 3.26. The molecular weight excluding hydrogens is 457 g/mol. The van der Waals surface area contributed by atoms with E-state index in [2.05, 4.69) is 30.9 Å². The molecule has 1 unspecified atom stereocenters. The number of halogens is 4. The molecule has 0 spiro atoms. The molecule has 1 aliphatic rings. The fourth-order valence-corrected chi connectivity index (χ4v) is 3.29. The van der Waals surface area contributed by atoms with E-state index in [0.29, 0.717) is 17.6 Å². The first kappa shape index (κ1) is 23.6. The van der Waals surface area contributed by atoms with E-state index < -0.39 is 18.1 Å². The number of benzene rings is 1. The molecule has 1 aliphatic heterocycles. The summed E-state index contributed by atoms with van der Waals surface area (Å²) in [7, 11) is 0.